The van der Waals surface area contributed by atoms with E-state index < -0.39 is 11.6 Å². The minimum Gasteiger partial charge on any atom is -0.505 e. The maximum Gasteiger partial charge on any atom is 0.228 e. The number of amides is 1. The van der Waals surface area contributed by atoms with E-state index in [-0.39, 0.29) is 17.7 Å². The standard InChI is InChI=1S/C10H9ClFNO2/c11-6-3-10(15)13(5-6)7-1-2-8(12)9(14)4-7/h1-2,4,6,14H,3,5H2. The predicted molar refractivity (Wildman–Crippen MR) is 54.7 cm³/mol. The van der Waals surface area contributed by atoms with E-state index in [2.05, 4.69) is 0 Å². The van der Waals surface area contributed by atoms with Crippen LogP contribution in [0.3, 0.4) is 0 Å². The molecule has 1 heterocycles. The van der Waals surface area contributed by atoms with E-state index in [0.29, 0.717) is 12.2 Å². The molecule has 1 aromatic rings. The third kappa shape index (κ3) is 1.90. The zero-order valence-electron chi connectivity index (χ0n) is 7.78. The highest BCUT2D eigenvalue weighted by atomic mass is 35.5. The fourth-order valence-electron chi connectivity index (χ4n) is 1.58. The van der Waals surface area contributed by atoms with Crippen LogP contribution in [0.15, 0.2) is 18.2 Å². The lowest BCUT2D eigenvalue weighted by molar-refractivity contribution is -0.117. The number of alkyl halides is 1. The second-order valence-electron chi connectivity index (χ2n) is 3.44. The number of hydrogen-bond donors (Lipinski definition) is 1. The Bertz CT molecular complexity index is 410. The quantitative estimate of drug-likeness (QED) is 0.747. The van der Waals surface area contributed by atoms with E-state index in [1.165, 1.54) is 17.0 Å². The Morgan fingerprint density at radius 3 is 2.80 bits per heavy atom. The van der Waals surface area contributed by atoms with Crippen LogP contribution in [0.2, 0.25) is 0 Å². The van der Waals surface area contributed by atoms with Crippen LogP contribution >= 0.6 is 11.6 Å². The summed E-state index contributed by atoms with van der Waals surface area (Å²) < 4.78 is 12.8. The highest BCUT2D eigenvalue weighted by molar-refractivity contribution is 6.24. The highest BCUT2D eigenvalue weighted by Crippen LogP contribution is 2.28. The lowest BCUT2D eigenvalue weighted by atomic mass is 10.2. The van der Waals surface area contributed by atoms with E-state index in [1.54, 1.807) is 0 Å². The molecular formula is C10H9ClFNO2. The SMILES string of the molecule is O=C1CC(Cl)CN1c1ccc(F)c(O)c1. The number of carbonyl (C=O) groups excluding carboxylic acids is 1. The topological polar surface area (TPSA) is 40.5 Å². The van der Waals surface area contributed by atoms with E-state index in [0.717, 1.165) is 6.07 Å². The van der Waals surface area contributed by atoms with Crippen molar-refractivity contribution in [1.82, 2.24) is 0 Å². The minimum atomic E-state index is -0.701. The summed E-state index contributed by atoms with van der Waals surface area (Å²) in [5.74, 6) is -1.27. The molecule has 5 heteroatoms. The summed E-state index contributed by atoms with van der Waals surface area (Å²) >= 11 is 5.82. The predicted octanol–water partition coefficient (Wildman–Crippen LogP) is 1.88. The van der Waals surface area contributed by atoms with E-state index in [4.69, 9.17) is 16.7 Å². The third-order valence-electron chi connectivity index (χ3n) is 2.32. The van der Waals surface area contributed by atoms with Gasteiger partial charge >= 0.3 is 0 Å². The lowest BCUT2D eigenvalue weighted by Gasteiger charge is -2.15. The molecule has 1 saturated heterocycles. The Morgan fingerprint density at radius 2 is 2.27 bits per heavy atom. The number of halogens is 2. The third-order valence-corrected chi connectivity index (χ3v) is 2.61. The van der Waals surface area contributed by atoms with Crippen LogP contribution in [0.25, 0.3) is 0 Å². The molecule has 0 spiro atoms. The summed E-state index contributed by atoms with van der Waals surface area (Å²) in [6.45, 7) is 0.394. The van der Waals surface area contributed by atoms with Gasteiger partial charge in [0.1, 0.15) is 0 Å². The van der Waals surface area contributed by atoms with Crippen molar-refractivity contribution in [1.29, 1.82) is 0 Å². The molecule has 1 amide bonds. The summed E-state index contributed by atoms with van der Waals surface area (Å²) in [5, 5.41) is 8.95. The molecule has 3 nitrogen and oxygen atoms in total. The van der Waals surface area contributed by atoms with Gasteiger partial charge in [0.15, 0.2) is 11.6 Å². The number of aromatic hydroxyl groups is 1. The van der Waals surface area contributed by atoms with Crippen molar-refractivity contribution in [3.8, 4) is 5.75 Å². The van der Waals surface area contributed by atoms with Gasteiger partial charge in [-0.1, -0.05) is 0 Å². The number of benzene rings is 1. The first-order chi connectivity index (χ1) is 7.08. The molecule has 0 radical (unpaired) electrons. The van der Waals surface area contributed by atoms with Gasteiger partial charge in [0, 0.05) is 24.7 Å². The Morgan fingerprint density at radius 1 is 1.53 bits per heavy atom. The van der Waals surface area contributed by atoms with Gasteiger partial charge in [-0.2, -0.15) is 0 Å². The molecule has 1 atom stereocenters. The fourth-order valence-corrected chi connectivity index (χ4v) is 1.85. The Hall–Kier alpha value is -1.29. The van der Waals surface area contributed by atoms with Crippen LogP contribution < -0.4 is 4.90 Å². The van der Waals surface area contributed by atoms with E-state index in [1.807, 2.05) is 0 Å². The molecule has 1 aliphatic rings. The zero-order valence-corrected chi connectivity index (χ0v) is 8.54. The number of hydrogen-bond acceptors (Lipinski definition) is 2. The molecule has 0 aliphatic carbocycles. The molecular weight excluding hydrogens is 221 g/mol. The number of rotatable bonds is 1. The summed E-state index contributed by atoms with van der Waals surface area (Å²) in [6, 6.07) is 3.80. The van der Waals surface area contributed by atoms with Gasteiger partial charge in [-0.3, -0.25) is 4.79 Å². The molecule has 1 fully saturated rings. The summed E-state index contributed by atoms with van der Waals surface area (Å²) in [5.41, 5.74) is 0.474. The van der Waals surface area contributed by atoms with Gasteiger partial charge in [-0.25, -0.2) is 4.39 Å². The van der Waals surface area contributed by atoms with Gasteiger partial charge in [0.05, 0.1) is 5.38 Å². The monoisotopic (exact) mass is 229 g/mol. The molecule has 0 aromatic heterocycles. The van der Waals surface area contributed by atoms with Gasteiger partial charge in [0.2, 0.25) is 5.91 Å². The molecule has 15 heavy (non-hydrogen) atoms. The summed E-state index contributed by atoms with van der Waals surface area (Å²) in [4.78, 5) is 12.9. The van der Waals surface area contributed by atoms with Gasteiger partial charge in [-0.15, -0.1) is 11.6 Å². The number of anilines is 1. The normalized spacial score (nSPS) is 21.1. The largest absolute Gasteiger partial charge is 0.505 e. The first kappa shape index (κ1) is 10.2. The van der Waals surface area contributed by atoms with Crippen LogP contribution in [-0.4, -0.2) is 22.9 Å². The van der Waals surface area contributed by atoms with Crippen molar-refractivity contribution < 1.29 is 14.3 Å². The minimum absolute atomic E-state index is 0.110. The second-order valence-corrected chi connectivity index (χ2v) is 4.06. The average Bonchev–Trinajstić information content (AvgIpc) is 2.50. The second kappa shape index (κ2) is 3.70. The van der Waals surface area contributed by atoms with Crippen molar-refractivity contribution in [2.75, 3.05) is 11.4 Å². The fraction of sp³-hybridized carbons (Fsp3) is 0.300. The lowest BCUT2D eigenvalue weighted by Crippen LogP contribution is -2.24. The Labute approximate surface area is 91.1 Å². The van der Waals surface area contributed by atoms with E-state index in [9.17, 15) is 9.18 Å². The average molecular weight is 230 g/mol. The number of nitrogens with zero attached hydrogens (tertiary/aromatic N) is 1. The van der Waals surface area contributed by atoms with Crippen LogP contribution in [0.5, 0.6) is 5.75 Å². The smallest absolute Gasteiger partial charge is 0.228 e. The van der Waals surface area contributed by atoms with Crippen LogP contribution in [0, 0.1) is 5.82 Å². The van der Waals surface area contributed by atoms with E-state index >= 15 is 0 Å². The maximum atomic E-state index is 12.8. The molecule has 1 N–H and O–H groups in total. The van der Waals surface area contributed by atoms with Crippen LogP contribution in [0.4, 0.5) is 10.1 Å². The number of phenols is 1. The molecule has 80 valence electrons. The first-order valence-corrected chi connectivity index (χ1v) is 4.94. The first-order valence-electron chi connectivity index (χ1n) is 4.51. The summed E-state index contributed by atoms with van der Waals surface area (Å²) in [6.07, 6.45) is 0.277. The molecule has 1 aliphatic heterocycles. The molecule has 0 saturated carbocycles. The van der Waals surface area contributed by atoms with Crippen molar-refractivity contribution in [2.24, 2.45) is 0 Å². The Kier molecular flexibility index (Phi) is 2.52. The molecule has 2 rings (SSSR count). The molecule has 1 unspecified atom stereocenters. The van der Waals surface area contributed by atoms with Crippen molar-refractivity contribution in [2.45, 2.75) is 11.8 Å². The maximum absolute atomic E-state index is 12.8. The van der Waals surface area contributed by atoms with Gasteiger partial charge < -0.3 is 10.0 Å². The molecule has 1 aromatic carbocycles. The zero-order chi connectivity index (χ0) is 11.0. The van der Waals surface area contributed by atoms with Crippen molar-refractivity contribution >= 4 is 23.2 Å². The highest BCUT2D eigenvalue weighted by Gasteiger charge is 2.29. The summed E-state index contributed by atoms with van der Waals surface area (Å²) in [7, 11) is 0. The van der Waals surface area contributed by atoms with Gasteiger partial charge in [0.25, 0.3) is 0 Å². The number of carbonyl (C=O) groups is 1. The van der Waals surface area contributed by atoms with Crippen LogP contribution in [-0.2, 0) is 4.79 Å². The number of phenolic OH excluding ortho intramolecular Hbond substituents is 1. The van der Waals surface area contributed by atoms with Crippen molar-refractivity contribution in [3.05, 3.63) is 24.0 Å². The van der Waals surface area contributed by atoms with Gasteiger partial charge in [-0.05, 0) is 12.1 Å². The van der Waals surface area contributed by atoms with Crippen LogP contribution in [0.1, 0.15) is 6.42 Å². The Balaban J connectivity index is 2.30. The molecule has 0 bridgehead atoms. The van der Waals surface area contributed by atoms with Crippen molar-refractivity contribution in [3.63, 3.8) is 0 Å².